The third-order valence-corrected chi connectivity index (χ3v) is 3.28. The Morgan fingerprint density at radius 3 is 2.71 bits per heavy atom. The van der Waals surface area contributed by atoms with E-state index in [1.54, 1.807) is 7.11 Å². The number of hydrogen-bond acceptors (Lipinski definition) is 3. The summed E-state index contributed by atoms with van der Waals surface area (Å²) in [5.41, 5.74) is 2.74. The van der Waals surface area contributed by atoms with Crippen LogP contribution in [0.1, 0.15) is 39.0 Å². The first kappa shape index (κ1) is 14.3. The van der Waals surface area contributed by atoms with E-state index in [9.17, 15) is 0 Å². The lowest BCUT2D eigenvalue weighted by Crippen LogP contribution is -2.49. The number of nitrogens with two attached hydrogens (primary N) is 1. The Morgan fingerprint density at radius 2 is 2.18 bits per heavy atom. The number of hydrogen-bond donors (Lipinski definition) is 2. The third kappa shape index (κ3) is 4.52. The van der Waals surface area contributed by atoms with Gasteiger partial charge in [0.25, 0.3) is 0 Å². The van der Waals surface area contributed by atoms with E-state index >= 15 is 0 Å². The lowest BCUT2D eigenvalue weighted by molar-refractivity contribution is 0.196. The molecule has 0 unspecified atom stereocenters. The molecule has 0 atom stereocenters. The number of ether oxygens (including phenoxy) is 1. The summed E-state index contributed by atoms with van der Waals surface area (Å²) in [5.74, 6) is 6.41. The largest absolute Gasteiger partial charge is 0.385 e. The molecule has 5 heteroatoms. The van der Waals surface area contributed by atoms with E-state index < -0.39 is 0 Å². The smallest absolute Gasteiger partial charge is 0.208 e. The lowest BCUT2D eigenvalue weighted by atomic mass is 10.2. The number of aliphatic imine (C=N–C) groups is 1. The Kier molecular flexibility index (Phi) is 6.96. The van der Waals surface area contributed by atoms with Crippen LogP contribution in [0.4, 0.5) is 0 Å². The molecular weight excluding hydrogens is 216 g/mol. The Balaban J connectivity index is 2.49. The van der Waals surface area contributed by atoms with Gasteiger partial charge in [-0.15, -0.1) is 0 Å². The summed E-state index contributed by atoms with van der Waals surface area (Å²) in [6, 6.07) is 0.609. The normalized spacial score (nSPS) is 17.5. The van der Waals surface area contributed by atoms with Crippen LogP contribution < -0.4 is 11.3 Å². The molecule has 0 aromatic rings. The number of hydrazine groups is 1. The molecule has 17 heavy (non-hydrogen) atoms. The first-order chi connectivity index (χ1) is 8.33. The van der Waals surface area contributed by atoms with Crippen molar-refractivity contribution in [2.45, 2.75) is 45.1 Å². The van der Waals surface area contributed by atoms with E-state index in [0.717, 1.165) is 32.1 Å². The monoisotopic (exact) mass is 242 g/mol. The minimum atomic E-state index is 0.609. The lowest BCUT2D eigenvalue weighted by Gasteiger charge is -2.30. The van der Waals surface area contributed by atoms with E-state index in [1.807, 2.05) is 0 Å². The van der Waals surface area contributed by atoms with Gasteiger partial charge in [-0.3, -0.25) is 10.4 Å². The fourth-order valence-corrected chi connectivity index (χ4v) is 2.41. The van der Waals surface area contributed by atoms with Crippen molar-refractivity contribution in [2.75, 3.05) is 26.8 Å². The maximum atomic E-state index is 5.58. The van der Waals surface area contributed by atoms with Crippen LogP contribution in [0.25, 0.3) is 0 Å². The van der Waals surface area contributed by atoms with E-state index in [4.69, 9.17) is 10.6 Å². The topological polar surface area (TPSA) is 62.9 Å². The first-order valence-corrected chi connectivity index (χ1v) is 6.60. The van der Waals surface area contributed by atoms with E-state index in [2.05, 4.69) is 22.2 Å². The van der Waals surface area contributed by atoms with Crippen molar-refractivity contribution < 1.29 is 4.74 Å². The molecule has 3 N–H and O–H groups in total. The second-order valence-corrected chi connectivity index (χ2v) is 4.42. The summed E-state index contributed by atoms with van der Waals surface area (Å²) >= 11 is 0. The van der Waals surface area contributed by atoms with Crippen molar-refractivity contribution in [1.82, 2.24) is 10.3 Å². The molecular formula is C12H26N4O. The van der Waals surface area contributed by atoms with E-state index in [0.29, 0.717) is 6.04 Å². The summed E-state index contributed by atoms with van der Waals surface area (Å²) in [6.45, 7) is 4.62. The van der Waals surface area contributed by atoms with Gasteiger partial charge in [-0.1, -0.05) is 12.8 Å². The molecule has 0 amide bonds. The van der Waals surface area contributed by atoms with Gasteiger partial charge in [0.2, 0.25) is 5.96 Å². The van der Waals surface area contributed by atoms with E-state index in [1.165, 1.54) is 25.7 Å². The number of methoxy groups -OCH3 is 1. The highest BCUT2D eigenvalue weighted by atomic mass is 16.5. The minimum Gasteiger partial charge on any atom is -0.385 e. The summed E-state index contributed by atoms with van der Waals surface area (Å²) in [4.78, 5) is 6.81. The first-order valence-electron chi connectivity index (χ1n) is 6.60. The van der Waals surface area contributed by atoms with Gasteiger partial charge in [-0.05, 0) is 26.2 Å². The summed E-state index contributed by atoms with van der Waals surface area (Å²) in [7, 11) is 1.71. The molecule has 100 valence electrons. The van der Waals surface area contributed by atoms with Crippen LogP contribution in [0.3, 0.4) is 0 Å². The molecule has 0 spiro atoms. The standard InChI is InChI=1S/C12H26N4O/c1-3-16(11-7-4-5-8-11)12(15-13)14-9-6-10-17-2/h11H,3-10,13H2,1-2H3,(H,14,15). The molecule has 0 aliphatic heterocycles. The van der Waals surface area contributed by atoms with Crippen LogP contribution in [0, 0.1) is 0 Å². The maximum absolute atomic E-state index is 5.58. The van der Waals surface area contributed by atoms with Crippen molar-refractivity contribution in [2.24, 2.45) is 10.8 Å². The van der Waals surface area contributed by atoms with Gasteiger partial charge in [0.1, 0.15) is 0 Å². The van der Waals surface area contributed by atoms with Crippen molar-refractivity contribution in [1.29, 1.82) is 0 Å². The molecule has 0 aromatic carbocycles. The Hall–Kier alpha value is -0.810. The molecule has 0 bridgehead atoms. The van der Waals surface area contributed by atoms with Crippen molar-refractivity contribution in [3.63, 3.8) is 0 Å². The Labute approximate surface area is 104 Å². The van der Waals surface area contributed by atoms with Gasteiger partial charge in [0.15, 0.2) is 0 Å². The molecule has 5 nitrogen and oxygen atoms in total. The zero-order chi connectivity index (χ0) is 12.5. The van der Waals surface area contributed by atoms with Crippen molar-refractivity contribution in [3.8, 4) is 0 Å². The second kappa shape index (κ2) is 8.31. The Bertz CT molecular complexity index is 227. The number of rotatable bonds is 6. The highest BCUT2D eigenvalue weighted by molar-refractivity contribution is 5.79. The third-order valence-electron chi connectivity index (χ3n) is 3.28. The summed E-state index contributed by atoms with van der Waals surface area (Å²) < 4.78 is 5.01. The average Bonchev–Trinajstić information content (AvgIpc) is 2.86. The van der Waals surface area contributed by atoms with Crippen LogP contribution in [-0.4, -0.2) is 43.7 Å². The van der Waals surface area contributed by atoms with Crippen molar-refractivity contribution >= 4 is 5.96 Å². The minimum absolute atomic E-state index is 0.609. The van der Waals surface area contributed by atoms with Gasteiger partial charge in [-0.25, -0.2) is 5.84 Å². The fourth-order valence-electron chi connectivity index (χ4n) is 2.41. The van der Waals surface area contributed by atoms with Gasteiger partial charge in [-0.2, -0.15) is 0 Å². The predicted octanol–water partition coefficient (Wildman–Crippen LogP) is 1.11. The number of guanidine groups is 1. The van der Waals surface area contributed by atoms with Gasteiger partial charge < -0.3 is 9.64 Å². The average molecular weight is 242 g/mol. The predicted molar refractivity (Wildman–Crippen MR) is 70.8 cm³/mol. The van der Waals surface area contributed by atoms with E-state index in [-0.39, 0.29) is 0 Å². The molecule has 1 rings (SSSR count). The molecule has 0 heterocycles. The van der Waals surface area contributed by atoms with Crippen LogP contribution in [0.2, 0.25) is 0 Å². The number of nitrogens with zero attached hydrogens (tertiary/aromatic N) is 2. The molecule has 0 saturated heterocycles. The quantitative estimate of drug-likeness (QED) is 0.241. The van der Waals surface area contributed by atoms with Crippen LogP contribution in [0.5, 0.6) is 0 Å². The van der Waals surface area contributed by atoms with Crippen LogP contribution >= 0.6 is 0 Å². The molecule has 1 aliphatic rings. The molecule has 1 saturated carbocycles. The number of nitrogens with one attached hydrogen (secondary N) is 1. The molecule has 0 aromatic heterocycles. The van der Waals surface area contributed by atoms with Gasteiger partial charge in [0, 0.05) is 32.8 Å². The maximum Gasteiger partial charge on any atom is 0.208 e. The summed E-state index contributed by atoms with van der Waals surface area (Å²) in [5, 5.41) is 0. The zero-order valence-corrected chi connectivity index (χ0v) is 11.1. The highest BCUT2D eigenvalue weighted by Crippen LogP contribution is 2.23. The van der Waals surface area contributed by atoms with Gasteiger partial charge >= 0.3 is 0 Å². The SMILES string of the molecule is CCN(C(=NCCCOC)NN)C1CCCC1. The van der Waals surface area contributed by atoms with Crippen LogP contribution in [-0.2, 0) is 4.74 Å². The zero-order valence-electron chi connectivity index (χ0n) is 11.1. The van der Waals surface area contributed by atoms with Crippen molar-refractivity contribution in [3.05, 3.63) is 0 Å². The summed E-state index contributed by atoms with van der Waals surface area (Å²) in [6.07, 6.45) is 6.09. The molecule has 1 fully saturated rings. The van der Waals surface area contributed by atoms with Gasteiger partial charge in [0.05, 0.1) is 0 Å². The Morgan fingerprint density at radius 1 is 1.47 bits per heavy atom. The fraction of sp³-hybridized carbons (Fsp3) is 0.917. The molecule has 0 radical (unpaired) electrons. The highest BCUT2D eigenvalue weighted by Gasteiger charge is 2.23. The molecule has 1 aliphatic carbocycles. The second-order valence-electron chi connectivity index (χ2n) is 4.42. The van der Waals surface area contributed by atoms with Crippen LogP contribution in [0.15, 0.2) is 4.99 Å².